The Morgan fingerprint density at radius 1 is 1.46 bits per heavy atom. The Morgan fingerprint density at radius 2 is 2.21 bits per heavy atom. The zero-order chi connectivity index (χ0) is 17.7. The van der Waals surface area contributed by atoms with Crippen LogP contribution in [-0.4, -0.2) is 33.6 Å². The number of anilines is 1. The number of halogens is 3. The highest BCUT2D eigenvalue weighted by atomic mass is 35.5. The van der Waals surface area contributed by atoms with E-state index in [9.17, 15) is 23.7 Å². The zero-order valence-electron chi connectivity index (χ0n) is 12.0. The first-order valence-corrected chi connectivity index (χ1v) is 6.89. The molecule has 8 nitrogen and oxygen atoms in total. The summed E-state index contributed by atoms with van der Waals surface area (Å²) in [5.41, 5.74) is -0.365. The fourth-order valence-corrected chi connectivity index (χ4v) is 1.93. The molecule has 2 aromatic rings. The molecule has 1 amide bonds. The molecule has 24 heavy (non-hydrogen) atoms. The van der Waals surface area contributed by atoms with Gasteiger partial charge in [-0.3, -0.25) is 19.6 Å². The molecule has 0 saturated carbocycles. The molecule has 1 aromatic heterocycles. The molecule has 0 aliphatic heterocycles. The van der Waals surface area contributed by atoms with E-state index < -0.39 is 29.6 Å². The summed E-state index contributed by atoms with van der Waals surface area (Å²) in [7, 11) is 0. The van der Waals surface area contributed by atoms with E-state index in [1.54, 1.807) is 0 Å². The van der Waals surface area contributed by atoms with E-state index >= 15 is 0 Å². The molecular weight excluding hydrogens is 350 g/mol. The molecule has 0 saturated heterocycles. The van der Waals surface area contributed by atoms with Gasteiger partial charge in [0.25, 0.3) is 12.1 Å². The number of rotatable bonds is 7. The fraction of sp³-hybridized carbons (Fsp3) is 0.231. The van der Waals surface area contributed by atoms with Gasteiger partial charge in [0.05, 0.1) is 27.9 Å². The topological polar surface area (TPSA) is 99.3 Å². The van der Waals surface area contributed by atoms with Crippen LogP contribution in [0.5, 0.6) is 5.75 Å². The second kappa shape index (κ2) is 7.68. The van der Waals surface area contributed by atoms with E-state index in [0.29, 0.717) is 5.02 Å². The van der Waals surface area contributed by atoms with Gasteiger partial charge >= 0.3 is 0 Å². The summed E-state index contributed by atoms with van der Waals surface area (Å²) in [6.45, 7) is -1.09. The Hall–Kier alpha value is -2.75. The summed E-state index contributed by atoms with van der Waals surface area (Å²) in [5, 5.41) is 17.5. The quantitative estimate of drug-likeness (QED) is 0.604. The largest absolute Gasteiger partial charge is 0.487 e. The number of carbonyl (C=O) groups excluding carboxylic acids is 1. The third-order valence-corrected chi connectivity index (χ3v) is 2.86. The van der Waals surface area contributed by atoms with Gasteiger partial charge in [0, 0.05) is 18.3 Å². The second-order valence-electron chi connectivity index (χ2n) is 4.58. The molecule has 0 fully saturated rings. The number of carbonyl (C=O) groups is 1. The predicted octanol–water partition coefficient (Wildman–Crippen LogP) is 2.73. The Kier molecular flexibility index (Phi) is 5.64. The smallest absolute Gasteiger partial charge is 0.275 e. The molecule has 2 rings (SSSR count). The number of aromatic nitrogens is 2. The Balaban J connectivity index is 2.12. The highest BCUT2D eigenvalue weighted by Gasteiger charge is 2.14. The fourth-order valence-electron chi connectivity index (χ4n) is 1.78. The van der Waals surface area contributed by atoms with Crippen molar-refractivity contribution in [3.63, 3.8) is 0 Å². The van der Waals surface area contributed by atoms with Gasteiger partial charge < -0.3 is 10.1 Å². The van der Waals surface area contributed by atoms with Crippen LogP contribution >= 0.6 is 11.6 Å². The van der Waals surface area contributed by atoms with Crippen molar-refractivity contribution in [2.75, 3.05) is 11.9 Å². The van der Waals surface area contributed by atoms with Crippen LogP contribution in [0.25, 0.3) is 0 Å². The number of ether oxygens (including phenoxy) is 1. The molecule has 1 N–H and O–H groups in total. The standard InChI is InChI=1S/C13H11ClF2N4O4/c14-8-4-17-19(5-8)6-13(21)18-9-1-10(20(22)23)3-11(2-9)24-7-12(15)16/h1-5,12H,6-7H2,(H,18,21). The lowest BCUT2D eigenvalue weighted by Crippen LogP contribution is -2.19. The molecule has 0 aliphatic rings. The number of hydrogen-bond donors (Lipinski definition) is 1. The van der Waals surface area contributed by atoms with Gasteiger partial charge in [0.1, 0.15) is 18.9 Å². The number of amides is 1. The van der Waals surface area contributed by atoms with Crippen molar-refractivity contribution in [2.45, 2.75) is 13.0 Å². The van der Waals surface area contributed by atoms with Crippen molar-refractivity contribution in [3.8, 4) is 5.75 Å². The maximum absolute atomic E-state index is 12.2. The minimum atomic E-state index is -2.73. The van der Waals surface area contributed by atoms with Gasteiger partial charge in [-0.25, -0.2) is 8.78 Å². The van der Waals surface area contributed by atoms with Crippen LogP contribution in [0, 0.1) is 10.1 Å². The average molecular weight is 361 g/mol. The van der Waals surface area contributed by atoms with Crippen LogP contribution < -0.4 is 10.1 Å². The molecule has 0 unspecified atom stereocenters. The first-order valence-electron chi connectivity index (χ1n) is 6.51. The van der Waals surface area contributed by atoms with Gasteiger partial charge in [0.15, 0.2) is 0 Å². The van der Waals surface area contributed by atoms with Crippen LogP contribution in [0.4, 0.5) is 20.2 Å². The summed E-state index contributed by atoms with van der Waals surface area (Å²) < 4.78 is 30.4. The highest BCUT2D eigenvalue weighted by Crippen LogP contribution is 2.26. The predicted molar refractivity (Wildman–Crippen MR) is 80.5 cm³/mol. The number of benzene rings is 1. The Morgan fingerprint density at radius 3 is 2.79 bits per heavy atom. The van der Waals surface area contributed by atoms with Crippen LogP contribution in [0.3, 0.4) is 0 Å². The maximum Gasteiger partial charge on any atom is 0.275 e. The molecule has 0 bridgehead atoms. The van der Waals surface area contributed by atoms with Gasteiger partial charge in [-0.1, -0.05) is 11.6 Å². The van der Waals surface area contributed by atoms with Crippen LogP contribution in [-0.2, 0) is 11.3 Å². The molecule has 0 spiro atoms. The van der Waals surface area contributed by atoms with Crippen molar-refractivity contribution in [3.05, 3.63) is 45.7 Å². The van der Waals surface area contributed by atoms with E-state index in [0.717, 1.165) is 12.1 Å². The lowest BCUT2D eigenvalue weighted by atomic mass is 10.2. The van der Waals surface area contributed by atoms with E-state index in [1.807, 2.05) is 0 Å². The van der Waals surface area contributed by atoms with Gasteiger partial charge in [-0.15, -0.1) is 0 Å². The first kappa shape index (κ1) is 17.6. The first-order chi connectivity index (χ1) is 11.3. The number of hydrogen-bond acceptors (Lipinski definition) is 5. The Bertz CT molecular complexity index is 753. The minimum Gasteiger partial charge on any atom is -0.487 e. The van der Waals surface area contributed by atoms with Crippen LogP contribution in [0.2, 0.25) is 5.02 Å². The lowest BCUT2D eigenvalue weighted by Gasteiger charge is -2.09. The third kappa shape index (κ3) is 5.16. The van der Waals surface area contributed by atoms with Crippen molar-refractivity contribution < 1.29 is 23.2 Å². The van der Waals surface area contributed by atoms with Crippen molar-refractivity contribution >= 4 is 28.9 Å². The SMILES string of the molecule is O=C(Cn1cc(Cl)cn1)Nc1cc(OCC(F)F)cc([N+](=O)[O-])c1. The summed E-state index contributed by atoms with van der Waals surface area (Å²) in [5.74, 6) is -0.683. The summed E-state index contributed by atoms with van der Waals surface area (Å²) in [6.07, 6.45) is 0.0383. The molecule has 0 radical (unpaired) electrons. The second-order valence-corrected chi connectivity index (χ2v) is 5.02. The minimum absolute atomic E-state index is 0.0386. The van der Waals surface area contributed by atoms with Crippen molar-refractivity contribution in [1.29, 1.82) is 0 Å². The monoisotopic (exact) mass is 360 g/mol. The summed E-state index contributed by atoms with van der Waals surface area (Å²) in [6, 6.07) is 3.29. The van der Waals surface area contributed by atoms with E-state index in [4.69, 9.17) is 16.3 Å². The molecule has 11 heteroatoms. The number of nitrogens with zero attached hydrogens (tertiary/aromatic N) is 3. The third-order valence-electron chi connectivity index (χ3n) is 2.67. The summed E-state index contributed by atoms with van der Waals surface area (Å²) in [4.78, 5) is 22.1. The normalized spacial score (nSPS) is 10.7. The van der Waals surface area contributed by atoms with E-state index in [2.05, 4.69) is 10.4 Å². The van der Waals surface area contributed by atoms with Gasteiger partial charge in [-0.2, -0.15) is 5.10 Å². The molecule has 0 aliphatic carbocycles. The number of nitro groups is 1. The molecule has 1 aromatic carbocycles. The number of nitrogens with one attached hydrogen (secondary N) is 1. The van der Waals surface area contributed by atoms with E-state index in [-0.39, 0.29) is 18.0 Å². The number of nitro benzene ring substituents is 1. The average Bonchev–Trinajstić information content (AvgIpc) is 2.89. The molecular formula is C13H11ClF2N4O4. The van der Waals surface area contributed by atoms with Gasteiger partial charge in [-0.05, 0) is 0 Å². The maximum atomic E-state index is 12.2. The highest BCUT2D eigenvalue weighted by molar-refractivity contribution is 6.30. The summed E-state index contributed by atoms with van der Waals surface area (Å²) >= 11 is 5.67. The van der Waals surface area contributed by atoms with Gasteiger partial charge in [0.2, 0.25) is 5.91 Å². The lowest BCUT2D eigenvalue weighted by molar-refractivity contribution is -0.384. The number of non-ortho nitro benzene ring substituents is 1. The number of alkyl halides is 2. The molecule has 128 valence electrons. The Labute approximate surface area is 139 Å². The van der Waals surface area contributed by atoms with Crippen molar-refractivity contribution in [1.82, 2.24) is 9.78 Å². The molecule has 1 heterocycles. The van der Waals surface area contributed by atoms with Crippen LogP contribution in [0.1, 0.15) is 0 Å². The van der Waals surface area contributed by atoms with Crippen molar-refractivity contribution in [2.24, 2.45) is 0 Å². The van der Waals surface area contributed by atoms with Crippen LogP contribution in [0.15, 0.2) is 30.6 Å². The zero-order valence-corrected chi connectivity index (χ0v) is 12.7. The van der Waals surface area contributed by atoms with E-state index in [1.165, 1.54) is 23.1 Å². The molecule has 0 atom stereocenters.